The summed E-state index contributed by atoms with van der Waals surface area (Å²) in [4.78, 5) is 37.0. The van der Waals surface area contributed by atoms with Crippen LogP contribution in [-0.4, -0.2) is 83.9 Å². The molecule has 14 heteroatoms. The third-order valence-electron chi connectivity index (χ3n) is 15.2. The Kier molecular flexibility index (Phi) is 33.7. The molecular weight excluding hydrogens is 1040 g/mol. The third kappa shape index (κ3) is 20.8. The third-order valence-corrected chi connectivity index (χ3v) is 15.2. The van der Waals surface area contributed by atoms with Crippen LogP contribution in [0.3, 0.4) is 0 Å². The fourth-order valence-corrected chi connectivity index (χ4v) is 10.1. The highest BCUT2D eigenvalue weighted by Gasteiger charge is 2.23. The largest absolute Gasteiger partial charge is 0.368 e. The number of amides is 1. The van der Waals surface area contributed by atoms with Gasteiger partial charge in [-0.15, -0.1) is 0 Å². The normalized spacial score (nSPS) is 13.6. The number of fused-ring (bicyclic) bond motifs is 2. The van der Waals surface area contributed by atoms with Gasteiger partial charge >= 0.3 is 0 Å². The van der Waals surface area contributed by atoms with E-state index in [1.54, 1.807) is 13.8 Å². The number of aromatic nitrogens is 6. The molecule has 0 unspecified atom stereocenters. The van der Waals surface area contributed by atoms with E-state index in [0.717, 1.165) is 119 Å². The number of carbonyl (C=O) groups is 2. The zero-order valence-corrected chi connectivity index (χ0v) is 49.6. The van der Waals surface area contributed by atoms with Crippen LogP contribution in [0.2, 0.25) is 0 Å². The number of hydrogen-bond donors (Lipinski definition) is 2. The maximum absolute atomic E-state index is 11.6. The van der Waals surface area contributed by atoms with Gasteiger partial charge in [0.05, 0.1) is 17.1 Å². The highest BCUT2D eigenvalue weighted by molar-refractivity contribution is 5.79. The van der Waals surface area contributed by atoms with E-state index in [2.05, 4.69) is 120 Å². The number of anilines is 3. The van der Waals surface area contributed by atoms with Crippen molar-refractivity contribution in [3.8, 4) is 11.3 Å². The van der Waals surface area contributed by atoms with Gasteiger partial charge in [0.1, 0.15) is 45.9 Å². The number of piperazine rings is 1. The van der Waals surface area contributed by atoms with Crippen molar-refractivity contribution in [3.05, 3.63) is 148 Å². The van der Waals surface area contributed by atoms with Crippen LogP contribution in [0.4, 0.5) is 17.3 Å². The van der Waals surface area contributed by atoms with Crippen molar-refractivity contribution in [2.45, 2.75) is 216 Å². The van der Waals surface area contributed by atoms with E-state index in [4.69, 9.17) is 19.0 Å². The van der Waals surface area contributed by atoms with Crippen molar-refractivity contribution >= 4 is 40.3 Å². The monoisotopic (exact) mass is 1150 g/mol. The van der Waals surface area contributed by atoms with Gasteiger partial charge in [-0.1, -0.05) is 162 Å². The lowest BCUT2D eigenvalue weighted by Crippen LogP contribution is -2.48. The van der Waals surface area contributed by atoms with Gasteiger partial charge in [-0.05, 0) is 135 Å². The number of nitrogens with one attached hydrogen (secondary N) is 2. The first-order valence-corrected chi connectivity index (χ1v) is 29.2. The Balaban J connectivity index is 0.000000609. The molecule has 2 N–H and O–H groups in total. The van der Waals surface area contributed by atoms with E-state index in [0.29, 0.717) is 18.5 Å². The standard InChI is InChI=1S/C25H31N5O.C24H29N3O.2C6H9NO.2C2H6.5CH4/c1-19(31)28-15-17-29(18-16-28)22-12-10-20(11-13-22)24-25(26-21-7-3-2-4-8-21)30-14-6-5-9-23(30)27-24;1-18(28)17-20-12-10-19(11-13-20)14-15-22-24(25-21-7-3-2-4-8-21)27-16-6-5-9-23(27)26-22;2*1-4-5(2)7-8-6(4)3;2*1-2;;;;;/h5-6,9-14,21,26H,2-4,7-8,15-18H2,1H3;5-6,9-13,16,21,25H,2-4,7-8,14-15,17H2,1H3;2*1-3H3;2*1-2H3;5*1H4. The van der Waals surface area contributed by atoms with Crippen molar-refractivity contribution in [2.75, 3.05) is 41.7 Å². The number of imidazole rings is 2. The summed E-state index contributed by atoms with van der Waals surface area (Å²) < 4.78 is 14.1. The molecule has 1 saturated heterocycles. The number of rotatable bonds is 11. The number of aryl methyl sites for hydroxylation is 6. The van der Waals surface area contributed by atoms with Crippen LogP contribution in [0.15, 0.2) is 106 Å². The van der Waals surface area contributed by atoms with E-state index in [1.807, 2.05) is 86.3 Å². The number of pyridine rings is 2. The molecule has 8 aromatic rings. The number of Topliss-reactive ketones (excluding diaryl/α,β-unsaturated/α-hetero) is 1. The van der Waals surface area contributed by atoms with Crippen LogP contribution >= 0.6 is 0 Å². The first-order chi connectivity index (χ1) is 38.3. The molecule has 2 saturated carbocycles. The SMILES string of the molecule is C.C.C.C.C.CC.CC.CC(=O)Cc1ccc(CCc2nc3ccccn3c2NC2CCCCC2)cc1.CC(=O)N1CCN(c2ccc(-c3nc4ccccn4c3NC3CCCCC3)cc2)CC1.Cc1noc(C)c1C.Cc1noc(C)c1C. The van der Waals surface area contributed by atoms with E-state index in [9.17, 15) is 9.59 Å². The molecular formula is C70H110N10O4. The van der Waals surface area contributed by atoms with Gasteiger partial charge in [0.15, 0.2) is 0 Å². The molecule has 0 spiro atoms. The molecule has 3 aliphatic rings. The molecule has 14 nitrogen and oxygen atoms in total. The summed E-state index contributed by atoms with van der Waals surface area (Å²) >= 11 is 0. The van der Waals surface area contributed by atoms with Crippen LogP contribution in [-0.2, 0) is 28.9 Å². The Morgan fingerprint density at radius 2 is 0.988 bits per heavy atom. The number of benzene rings is 2. The molecule has 1 aliphatic heterocycles. The maximum atomic E-state index is 11.6. The zero-order valence-electron chi connectivity index (χ0n) is 49.6. The predicted molar refractivity (Wildman–Crippen MR) is 357 cm³/mol. The second-order valence-electron chi connectivity index (χ2n) is 20.7. The Hall–Kier alpha value is -7.22. The van der Waals surface area contributed by atoms with Crippen molar-refractivity contribution in [3.63, 3.8) is 0 Å². The first kappa shape index (κ1) is 74.8. The zero-order chi connectivity index (χ0) is 56.8. The summed E-state index contributed by atoms with van der Waals surface area (Å²) in [5.74, 6) is 4.47. The Morgan fingerprint density at radius 3 is 1.42 bits per heavy atom. The van der Waals surface area contributed by atoms with Crippen LogP contribution in [0.5, 0.6) is 0 Å². The number of carbonyl (C=O) groups excluding carboxylic acids is 2. The quantitative estimate of drug-likeness (QED) is 0.127. The van der Waals surface area contributed by atoms with Crippen LogP contribution in [0, 0.1) is 41.5 Å². The topological polar surface area (TPSA) is 151 Å². The fourth-order valence-electron chi connectivity index (χ4n) is 10.1. The minimum Gasteiger partial charge on any atom is -0.368 e. The van der Waals surface area contributed by atoms with E-state index >= 15 is 0 Å². The molecule has 0 bridgehead atoms. The number of ketones is 1. The predicted octanol–water partition coefficient (Wildman–Crippen LogP) is 17.8. The average Bonchev–Trinajstić information content (AvgIpc) is 3.27. The summed E-state index contributed by atoms with van der Waals surface area (Å²) in [5.41, 5.74) is 13.1. The van der Waals surface area contributed by atoms with Gasteiger partial charge in [-0.2, -0.15) is 0 Å². The van der Waals surface area contributed by atoms with E-state index in [1.165, 1.54) is 75.5 Å². The van der Waals surface area contributed by atoms with Crippen molar-refractivity contribution in [2.24, 2.45) is 0 Å². The molecule has 0 atom stereocenters. The molecule has 0 radical (unpaired) electrons. The minimum atomic E-state index is 0. The van der Waals surface area contributed by atoms with Gasteiger partial charge < -0.3 is 29.5 Å². The smallest absolute Gasteiger partial charge is 0.219 e. The minimum absolute atomic E-state index is 0. The average molecular weight is 1160 g/mol. The lowest BCUT2D eigenvalue weighted by molar-refractivity contribution is -0.129. The van der Waals surface area contributed by atoms with Gasteiger partial charge in [0, 0.05) is 86.4 Å². The molecule has 2 aliphatic carbocycles. The molecule has 84 heavy (non-hydrogen) atoms. The fraction of sp³-hybridized carbons (Fsp3) is 0.514. The molecule has 11 rings (SSSR count). The molecule has 7 heterocycles. The molecule has 6 aromatic heterocycles. The first-order valence-electron chi connectivity index (χ1n) is 29.2. The van der Waals surface area contributed by atoms with Gasteiger partial charge in [-0.3, -0.25) is 18.4 Å². The summed E-state index contributed by atoms with van der Waals surface area (Å²) in [7, 11) is 0. The highest BCUT2D eigenvalue weighted by Crippen LogP contribution is 2.33. The highest BCUT2D eigenvalue weighted by atomic mass is 16.5. The lowest BCUT2D eigenvalue weighted by atomic mass is 9.95. The van der Waals surface area contributed by atoms with Gasteiger partial charge in [-0.25, -0.2) is 9.97 Å². The van der Waals surface area contributed by atoms with Crippen molar-refractivity contribution in [1.82, 2.24) is 34.0 Å². The van der Waals surface area contributed by atoms with Crippen molar-refractivity contribution < 1.29 is 18.6 Å². The molecule has 2 aromatic carbocycles. The Labute approximate surface area is 507 Å². The second kappa shape index (κ2) is 37.9. The summed E-state index contributed by atoms with van der Waals surface area (Å²) in [5, 5.41) is 15.1. The number of hydrogen-bond acceptors (Lipinski definition) is 11. The van der Waals surface area contributed by atoms with Crippen LogP contribution in [0.25, 0.3) is 22.6 Å². The molecule has 1 amide bonds. The molecule has 464 valence electrons. The van der Waals surface area contributed by atoms with Gasteiger partial charge in [0.2, 0.25) is 5.91 Å². The van der Waals surface area contributed by atoms with Crippen LogP contribution in [0.1, 0.15) is 194 Å². The summed E-state index contributed by atoms with van der Waals surface area (Å²) in [6.45, 7) is 26.3. The lowest BCUT2D eigenvalue weighted by Gasteiger charge is -2.35. The van der Waals surface area contributed by atoms with Crippen LogP contribution < -0.4 is 15.5 Å². The van der Waals surface area contributed by atoms with E-state index in [-0.39, 0.29) is 48.8 Å². The van der Waals surface area contributed by atoms with Gasteiger partial charge in [0.25, 0.3) is 0 Å². The summed E-state index contributed by atoms with van der Waals surface area (Å²) in [6, 6.07) is 30.6. The maximum Gasteiger partial charge on any atom is 0.219 e. The Morgan fingerprint density at radius 1 is 0.536 bits per heavy atom. The van der Waals surface area contributed by atoms with E-state index < -0.39 is 0 Å². The Bertz CT molecular complexity index is 3010. The number of nitrogens with zero attached hydrogens (tertiary/aromatic N) is 8. The van der Waals surface area contributed by atoms with Crippen molar-refractivity contribution in [1.29, 1.82) is 0 Å². The second-order valence-corrected chi connectivity index (χ2v) is 20.7. The molecule has 3 fully saturated rings. The summed E-state index contributed by atoms with van der Waals surface area (Å²) in [6.07, 6.45) is 19.5.